The summed E-state index contributed by atoms with van der Waals surface area (Å²) in [7, 11) is 0. The van der Waals surface area contributed by atoms with E-state index in [1.165, 1.54) is 0 Å². The summed E-state index contributed by atoms with van der Waals surface area (Å²) in [6.07, 6.45) is 0. The number of rotatable bonds is 5. The lowest BCUT2D eigenvalue weighted by Crippen LogP contribution is -2.17. The highest BCUT2D eigenvalue weighted by Gasteiger charge is 2.10. The topological polar surface area (TPSA) is 21.3 Å². The van der Waals surface area contributed by atoms with Gasteiger partial charge in [0.15, 0.2) is 0 Å². The first-order valence-electron chi connectivity index (χ1n) is 6.67. The zero-order valence-corrected chi connectivity index (χ0v) is 14.1. The molecule has 21 heavy (non-hydrogen) atoms. The number of hydrogen-bond acceptors (Lipinski definition) is 2. The van der Waals surface area contributed by atoms with Crippen LogP contribution >= 0.6 is 34.8 Å². The minimum atomic E-state index is 0.196. The third-order valence-corrected chi connectivity index (χ3v) is 4.14. The first-order chi connectivity index (χ1) is 10.0. The largest absolute Gasteiger partial charge is 0.457 e. The van der Waals surface area contributed by atoms with Crippen molar-refractivity contribution in [3.8, 4) is 11.5 Å². The Morgan fingerprint density at radius 3 is 2.14 bits per heavy atom. The average molecular weight is 345 g/mol. The molecule has 0 bridgehead atoms. The Balaban J connectivity index is 2.18. The number of ether oxygens (including phenoxy) is 1. The van der Waals surface area contributed by atoms with Gasteiger partial charge in [-0.2, -0.15) is 0 Å². The third-order valence-electron chi connectivity index (χ3n) is 3.08. The van der Waals surface area contributed by atoms with Crippen molar-refractivity contribution in [2.24, 2.45) is 0 Å². The van der Waals surface area contributed by atoms with Gasteiger partial charge in [0.1, 0.15) is 11.5 Å². The third kappa shape index (κ3) is 4.27. The molecular formula is C16H16Cl3NO. The summed E-state index contributed by atoms with van der Waals surface area (Å²) < 4.78 is 5.74. The number of benzene rings is 2. The molecule has 1 atom stereocenters. The van der Waals surface area contributed by atoms with Gasteiger partial charge in [-0.1, -0.05) is 47.8 Å². The van der Waals surface area contributed by atoms with E-state index in [9.17, 15) is 0 Å². The molecule has 0 spiro atoms. The predicted octanol–water partition coefficient (Wildman–Crippen LogP) is 6.11. The summed E-state index contributed by atoms with van der Waals surface area (Å²) in [6, 6.07) is 11.0. The molecule has 0 amide bonds. The molecule has 0 aliphatic carbocycles. The smallest absolute Gasteiger partial charge is 0.129 e. The van der Waals surface area contributed by atoms with Gasteiger partial charge in [-0.25, -0.2) is 0 Å². The highest BCUT2D eigenvalue weighted by Crippen LogP contribution is 2.32. The van der Waals surface area contributed by atoms with E-state index in [0.29, 0.717) is 26.6 Å². The lowest BCUT2D eigenvalue weighted by atomic mass is 10.1. The molecule has 1 N–H and O–H groups in total. The Labute approximate surface area is 140 Å². The van der Waals surface area contributed by atoms with Crippen LogP contribution in [0, 0.1) is 0 Å². The molecule has 0 heterocycles. The van der Waals surface area contributed by atoms with E-state index in [0.717, 1.165) is 12.1 Å². The van der Waals surface area contributed by atoms with Crippen LogP contribution in [0.3, 0.4) is 0 Å². The van der Waals surface area contributed by atoms with Crippen molar-refractivity contribution in [3.05, 3.63) is 57.0 Å². The van der Waals surface area contributed by atoms with Gasteiger partial charge in [0.05, 0.1) is 10.0 Å². The lowest BCUT2D eigenvalue weighted by molar-refractivity contribution is 0.482. The van der Waals surface area contributed by atoms with Crippen molar-refractivity contribution in [2.75, 3.05) is 6.54 Å². The number of nitrogens with one attached hydrogen (secondary N) is 1. The van der Waals surface area contributed by atoms with Crippen LogP contribution in [0.1, 0.15) is 25.5 Å². The van der Waals surface area contributed by atoms with Crippen molar-refractivity contribution >= 4 is 34.8 Å². The molecule has 2 aromatic rings. The quantitative estimate of drug-likeness (QED) is 0.706. The van der Waals surface area contributed by atoms with Crippen molar-refractivity contribution in [2.45, 2.75) is 19.9 Å². The second kappa shape index (κ2) is 7.37. The summed E-state index contributed by atoms with van der Waals surface area (Å²) in [5, 5.41) is 4.95. The molecule has 2 nitrogen and oxygen atoms in total. The molecule has 112 valence electrons. The van der Waals surface area contributed by atoms with Gasteiger partial charge in [-0.05, 0) is 43.3 Å². The van der Waals surface area contributed by atoms with Gasteiger partial charge < -0.3 is 10.1 Å². The molecule has 0 radical (unpaired) electrons. The van der Waals surface area contributed by atoms with Crippen LogP contribution in [0.4, 0.5) is 0 Å². The second-order valence-corrected chi connectivity index (χ2v) is 5.86. The molecule has 0 aliphatic rings. The first kappa shape index (κ1) is 16.4. The van der Waals surface area contributed by atoms with Crippen LogP contribution in [0.5, 0.6) is 11.5 Å². The maximum Gasteiger partial charge on any atom is 0.129 e. The highest BCUT2D eigenvalue weighted by molar-refractivity contribution is 6.42. The molecule has 0 fully saturated rings. The van der Waals surface area contributed by atoms with E-state index in [2.05, 4.69) is 19.2 Å². The van der Waals surface area contributed by atoms with Crippen molar-refractivity contribution < 1.29 is 4.74 Å². The molecule has 0 saturated carbocycles. The van der Waals surface area contributed by atoms with E-state index in [-0.39, 0.29) is 6.04 Å². The zero-order chi connectivity index (χ0) is 15.4. The maximum absolute atomic E-state index is 6.32. The van der Waals surface area contributed by atoms with Gasteiger partial charge in [-0.3, -0.25) is 0 Å². The van der Waals surface area contributed by atoms with Crippen molar-refractivity contribution in [1.29, 1.82) is 0 Å². The summed E-state index contributed by atoms with van der Waals surface area (Å²) in [6.45, 7) is 5.02. The van der Waals surface area contributed by atoms with Gasteiger partial charge in [-0.15, -0.1) is 0 Å². The van der Waals surface area contributed by atoms with Crippen LogP contribution < -0.4 is 10.1 Å². The van der Waals surface area contributed by atoms with Crippen LogP contribution in [-0.2, 0) is 0 Å². The van der Waals surface area contributed by atoms with E-state index < -0.39 is 0 Å². The maximum atomic E-state index is 6.32. The average Bonchev–Trinajstić information content (AvgIpc) is 2.43. The molecule has 1 unspecified atom stereocenters. The SMILES string of the molecule is CCNC(C)c1ccc(Oc2ccc(Cl)c(Cl)c2)cc1Cl. The fraction of sp³-hybridized carbons (Fsp3) is 0.250. The Morgan fingerprint density at radius 1 is 0.952 bits per heavy atom. The van der Waals surface area contributed by atoms with E-state index >= 15 is 0 Å². The molecule has 0 aliphatic heterocycles. The standard InChI is InChI=1S/C16H16Cl3NO/c1-3-20-10(2)13-6-4-11(8-15(13)18)21-12-5-7-14(17)16(19)9-12/h4-10,20H,3H2,1-2H3. The Kier molecular flexibility index (Phi) is 5.77. The number of hydrogen-bond donors (Lipinski definition) is 1. The van der Waals surface area contributed by atoms with Crippen LogP contribution in [0.15, 0.2) is 36.4 Å². The van der Waals surface area contributed by atoms with Crippen LogP contribution in [-0.4, -0.2) is 6.54 Å². The lowest BCUT2D eigenvalue weighted by Gasteiger charge is -2.15. The number of halogens is 3. The monoisotopic (exact) mass is 343 g/mol. The van der Waals surface area contributed by atoms with E-state index in [1.54, 1.807) is 24.3 Å². The minimum absolute atomic E-state index is 0.196. The van der Waals surface area contributed by atoms with Crippen molar-refractivity contribution in [3.63, 3.8) is 0 Å². The Hall–Kier alpha value is -0.930. The van der Waals surface area contributed by atoms with Crippen molar-refractivity contribution in [1.82, 2.24) is 5.32 Å². The second-order valence-electron chi connectivity index (χ2n) is 4.64. The summed E-state index contributed by atoms with van der Waals surface area (Å²) >= 11 is 18.2. The van der Waals surface area contributed by atoms with Gasteiger partial charge >= 0.3 is 0 Å². The summed E-state index contributed by atoms with van der Waals surface area (Å²) in [5.41, 5.74) is 1.04. The Bertz CT molecular complexity index is 631. The molecule has 2 aromatic carbocycles. The molecule has 2 rings (SSSR count). The fourth-order valence-corrected chi connectivity index (χ4v) is 2.64. The highest BCUT2D eigenvalue weighted by atomic mass is 35.5. The molecule has 5 heteroatoms. The Morgan fingerprint density at radius 2 is 1.57 bits per heavy atom. The van der Waals surface area contributed by atoms with Gasteiger partial charge in [0, 0.05) is 17.1 Å². The van der Waals surface area contributed by atoms with Crippen LogP contribution in [0.2, 0.25) is 15.1 Å². The van der Waals surface area contributed by atoms with Crippen LogP contribution in [0.25, 0.3) is 0 Å². The van der Waals surface area contributed by atoms with E-state index in [4.69, 9.17) is 39.5 Å². The van der Waals surface area contributed by atoms with Gasteiger partial charge in [0.25, 0.3) is 0 Å². The fourth-order valence-electron chi connectivity index (χ4n) is 2.02. The summed E-state index contributed by atoms with van der Waals surface area (Å²) in [5.74, 6) is 1.28. The van der Waals surface area contributed by atoms with Gasteiger partial charge in [0.2, 0.25) is 0 Å². The zero-order valence-electron chi connectivity index (χ0n) is 11.8. The molecular weight excluding hydrogens is 329 g/mol. The first-order valence-corrected chi connectivity index (χ1v) is 7.80. The minimum Gasteiger partial charge on any atom is -0.457 e. The van der Waals surface area contributed by atoms with E-state index in [1.807, 2.05) is 12.1 Å². The molecule has 0 saturated heterocycles. The summed E-state index contributed by atoms with van der Waals surface area (Å²) in [4.78, 5) is 0. The normalized spacial score (nSPS) is 12.2. The predicted molar refractivity (Wildman–Crippen MR) is 90.1 cm³/mol. The molecule has 0 aromatic heterocycles.